The van der Waals surface area contributed by atoms with E-state index >= 15 is 0 Å². The van der Waals surface area contributed by atoms with Gasteiger partial charge < -0.3 is 19.3 Å². The zero-order valence-corrected chi connectivity index (χ0v) is 14.2. The minimum atomic E-state index is -4.04. The van der Waals surface area contributed by atoms with E-state index in [1.165, 1.54) is 26.4 Å². The van der Waals surface area contributed by atoms with E-state index in [0.717, 1.165) is 13.1 Å². The van der Waals surface area contributed by atoms with Crippen LogP contribution in [-0.4, -0.2) is 71.6 Å². The van der Waals surface area contributed by atoms with Crippen molar-refractivity contribution in [1.82, 2.24) is 9.80 Å². The second-order valence-electron chi connectivity index (χ2n) is 5.35. The van der Waals surface area contributed by atoms with Gasteiger partial charge in [0.2, 0.25) is 10.0 Å². The number of primary sulfonamides is 1. The van der Waals surface area contributed by atoms with Gasteiger partial charge in [0.25, 0.3) is 5.91 Å². The largest absolute Gasteiger partial charge is 0.495 e. The molecule has 0 spiro atoms. The molecule has 1 aliphatic rings. The number of carbonyl (C=O) groups excluding carboxylic acids is 1. The quantitative estimate of drug-likeness (QED) is 0.808. The summed E-state index contributed by atoms with van der Waals surface area (Å²) in [6.45, 7) is 2.79. The maximum atomic E-state index is 12.6. The number of hydrogen-bond acceptors (Lipinski definition) is 6. The van der Waals surface area contributed by atoms with Gasteiger partial charge in [-0.05, 0) is 19.2 Å². The summed E-state index contributed by atoms with van der Waals surface area (Å²) in [5.41, 5.74) is 0.302. The highest BCUT2D eigenvalue weighted by Gasteiger charge is 2.26. The Morgan fingerprint density at radius 1 is 1.09 bits per heavy atom. The zero-order chi connectivity index (χ0) is 17.2. The highest BCUT2D eigenvalue weighted by atomic mass is 32.2. The third kappa shape index (κ3) is 3.74. The van der Waals surface area contributed by atoms with Crippen molar-refractivity contribution >= 4 is 15.9 Å². The first-order valence-corrected chi connectivity index (χ1v) is 8.59. The lowest BCUT2D eigenvalue weighted by molar-refractivity contribution is 0.0663. The lowest BCUT2D eigenvalue weighted by Gasteiger charge is -2.32. The highest BCUT2D eigenvalue weighted by Crippen LogP contribution is 2.34. The summed E-state index contributed by atoms with van der Waals surface area (Å²) < 4.78 is 33.6. The topological polar surface area (TPSA) is 102 Å². The van der Waals surface area contributed by atoms with E-state index in [1.54, 1.807) is 4.90 Å². The number of ether oxygens (including phenoxy) is 2. The third-order valence-electron chi connectivity index (χ3n) is 3.78. The summed E-state index contributed by atoms with van der Waals surface area (Å²) >= 11 is 0. The number of nitrogens with two attached hydrogens (primary N) is 1. The molecule has 1 heterocycles. The fourth-order valence-corrected chi connectivity index (χ4v) is 3.32. The minimum Gasteiger partial charge on any atom is -0.495 e. The van der Waals surface area contributed by atoms with Gasteiger partial charge in [-0.15, -0.1) is 0 Å². The molecule has 0 saturated carbocycles. The first-order chi connectivity index (χ1) is 10.8. The molecule has 1 saturated heterocycles. The summed E-state index contributed by atoms with van der Waals surface area (Å²) in [5.74, 6) is -0.218. The Kier molecular flexibility index (Phi) is 5.12. The Hall–Kier alpha value is -1.84. The van der Waals surface area contributed by atoms with Crippen molar-refractivity contribution in [3.63, 3.8) is 0 Å². The van der Waals surface area contributed by atoms with E-state index < -0.39 is 10.0 Å². The van der Waals surface area contributed by atoms with Crippen LogP contribution in [0.1, 0.15) is 10.4 Å². The second-order valence-corrected chi connectivity index (χ2v) is 6.85. The van der Waals surface area contributed by atoms with Crippen LogP contribution in [-0.2, 0) is 10.0 Å². The van der Waals surface area contributed by atoms with E-state index in [-0.39, 0.29) is 22.3 Å². The lowest BCUT2D eigenvalue weighted by atomic mass is 10.1. The van der Waals surface area contributed by atoms with Gasteiger partial charge in [-0.2, -0.15) is 0 Å². The van der Waals surface area contributed by atoms with Crippen LogP contribution in [0.2, 0.25) is 0 Å². The number of methoxy groups -OCH3 is 2. The monoisotopic (exact) mass is 343 g/mol. The zero-order valence-electron chi connectivity index (χ0n) is 13.4. The highest BCUT2D eigenvalue weighted by molar-refractivity contribution is 7.89. The summed E-state index contributed by atoms with van der Waals surface area (Å²) in [5, 5.41) is 5.21. The number of likely N-dealkylation sites (N-methyl/N-ethyl adjacent to an activating group) is 1. The maximum Gasteiger partial charge on any atom is 0.254 e. The van der Waals surface area contributed by atoms with Gasteiger partial charge in [-0.3, -0.25) is 4.79 Å². The number of hydrogen-bond donors (Lipinski definition) is 1. The number of piperazine rings is 1. The molecule has 0 atom stereocenters. The molecule has 0 radical (unpaired) electrons. The molecule has 23 heavy (non-hydrogen) atoms. The van der Waals surface area contributed by atoms with E-state index in [9.17, 15) is 13.2 Å². The summed E-state index contributed by atoms with van der Waals surface area (Å²) in [7, 11) is 0.576. The number of rotatable bonds is 4. The van der Waals surface area contributed by atoms with Crippen LogP contribution in [0.3, 0.4) is 0 Å². The first kappa shape index (κ1) is 17.5. The van der Waals surface area contributed by atoms with E-state index in [1.807, 2.05) is 7.05 Å². The molecule has 2 N–H and O–H groups in total. The van der Waals surface area contributed by atoms with Crippen LogP contribution in [0.5, 0.6) is 11.5 Å². The van der Waals surface area contributed by atoms with Gasteiger partial charge in [-0.1, -0.05) is 0 Å². The molecule has 0 bridgehead atoms. The molecular weight excluding hydrogens is 322 g/mol. The molecular formula is C14H21N3O5S. The van der Waals surface area contributed by atoms with Gasteiger partial charge in [0, 0.05) is 31.7 Å². The average molecular weight is 343 g/mol. The van der Waals surface area contributed by atoms with Crippen molar-refractivity contribution < 1.29 is 22.7 Å². The molecule has 1 aromatic carbocycles. The van der Waals surface area contributed by atoms with E-state index in [4.69, 9.17) is 14.6 Å². The van der Waals surface area contributed by atoms with Crippen LogP contribution < -0.4 is 14.6 Å². The normalized spacial score (nSPS) is 16.3. The van der Waals surface area contributed by atoms with Crippen molar-refractivity contribution in [1.29, 1.82) is 0 Å². The minimum absolute atomic E-state index is 0.00988. The van der Waals surface area contributed by atoms with Crippen molar-refractivity contribution in [3.05, 3.63) is 17.7 Å². The number of nitrogens with zero attached hydrogens (tertiary/aromatic N) is 2. The van der Waals surface area contributed by atoms with Crippen molar-refractivity contribution in [3.8, 4) is 11.5 Å². The smallest absolute Gasteiger partial charge is 0.254 e. The summed E-state index contributed by atoms with van der Waals surface area (Å²) in [4.78, 5) is 16.2. The van der Waals surface area contributed by atoms with E-state index in [0.29, 0.717) is 18.7 Å². The molecule has 2 rings (SSSR count). The van der Waals surface area contributed by atoms with Crippen LogP contribution in [0.4, 0.5) is 0 Å². The summed E-state index contributed by atoms with van der Waals surface area (Å²) in [6.07, 6.45) is 0. The maximum absolute atomic E-state index is 12.6. The first-order valence-electron chi connectivity index (χ1n) is 7.04. The predicted octanol–water partition coefficient (Wildman–Crippen LogP) is -0.261. The molecule has 1 amide bonds. The second kappa shape index (κ2) is 6.73. The van der Waals surface area contributed by atoms with Gasteiger partial charge in [0.15, 0.2) is 4.90 Å². The fraction of sp³-hybridized carbons (Fsp3) is 0.500. The number of benzene rings is 1. The van der Waals surface area contributed by atoms with Gasteiger partial charge in [0.05, 0.1) is 14.2 Å². The van der Waals surface area contributed by atoms with Gasteiger partial charge in [0.1, 0.15) is 11.5 Å². The van der Waals surface area contributed by atoms with Crippen LogP contribution >= 0.6 is 0 Å². The molecule has 0 aliphatic carbocycles. The number of carbonyl (C=O) groups is 1. The number of amides is 1. The standard InChI is InChI=1S/C14H21N3O5S/c1-16-4-6-17(7-5-16)14(18)10-8-11(21-2)13(23(15,19)20)12(9-10)22-3/h8-9H,4-7H2,1-3H3,(H2,15,19,20). The Balaban J connectivity index is 2.42. The van der Waals surface area contributed by atoms with Crippen LogP contribution in [0.25, 0.3) is 0 Å². The Labute approximate surface area is 135 Å². The molecule has 128 valence electrons. The lowest BCUT2D eigenvalue weighted by Crippen LogP contribution is -2.47. The van der Waals surface area contributed by atoms with E-state index in [2.05, 4.69) is 4.90 Å². The SMILES string of the molecule is COc1cc(C(=O)N2CCN(C)CC2)cc(OC)c1S(N)(=O)=O. The number of sulfonamides is 1. The Bertz CT molecular complexity index is 671. The molecule has 8 nitrogen and oxygen atoms in total. The Morgan fingerprint density at radius 3 is 1.96 bits per heavy atom. The molecule has 9 heteroatoms. The molecule has 1 aromatic rings. The van der Waals surface area contributed by atoms with Crippen molar-refractivity contribution in [2.45, 2.75) is 4.90 Å². The molecule has 0 unspecified atom stereocenters. The average Bonchev–Trinajstić information content (AvgIpc) is 2.52. The molecule has 1 fully saturated rings. The molecule has 1 aliphatic heterocycles. The van der Waals surface area contributed by atoms with Crippen LogP contribution in [0.15, 0.2) is 17.0 Å². The third-order valence-corrected chi connectivity index (χ3v) is 4.75. The molecule has 0 aromatic heterocycles. The van der Waals surface area contributed by atoms with Gasteiger partial charge >= 0.3 is 0 Å². The van der Waals surface area contributed by atoms with Crippen molar-refractivity contribution in [2.24, 2.45) is 5.14 Å². The van der Waals surface area contributed by atoms with Gasteiger partial charge in [-0.25, -0.2) is 13.6 Å². The Morgan fingerprint density at radius 2 is 1.57 bits per heavy atom. The van der Waals surface area contributed by atoms with Crippen molar-refractivity contribution in [2.75, 3.05) is 47.4 Å². The fourth-order valence-electron chi connectivity index (χ4n) is 2.48. The predicted molar refractivity (Wildman–Crippen MR) is 84.3 cm³/mol. The van der Waals surface area contributed by atoms with Crippen LogP contribution in [0, 0.1) is 0 Å². The summed E-state index contributed by atoms with van der Waals surface area (Å²) in [6, 6.07) is 2.76.